The maximum atomic E-state index is 13.1. The van der Waals surface area contributed by atoms with Crippen LogP contribution in [0.25, 0.3) is 0 Å². The Bertz CT molecular complexity index is 1140. The summed E-state index contributed by atoms with van der Waals surface area (Å²) in [7, 11) is -3.55. The number of benzene rings is 2. The summed E-state index contributed by atoms with van der Waals surface area (Å²) in [5, 5.41) is 2.74. The Morgan fingerprint density at radius 1 is 1.00 bits per heavy atom. The Morgan fingerprint density at radius 3 is 2.12 bits per heavy atom. The molecule has 0 aliphatic carbocycles. The van der Waals surface area contributed by atoms with Crippen LogP contribution in [0.3, 0.4) is 0 Å². The number of nitrogens with zero attached hydrogens (tertiary/aromatic N) is 2. The Kier molecular flexibility index (Phi) is 6.87. The Labute approximate surface area is 197 Å². The number of thioether (sulfide) groups is 1. The first kappa shape index (κ1) is 23.5. The van der Waals surface area contributed by atoms with E-state index in [4.69, 9.17) is 0 Å². The molecule has 4 rings (SSSR count). The lowest BCUT2D eigenvalue weighted by Crippen LogP contribution is -2.47. The number of anilines is 1. The van der Waals surface area contributed by atoms with E-state index in [9.17, 15) is 22.8 Å². The van der Waals surface area contributed by atoms with Crippen molar-refractivity contribution in [2.24, 2.45) is 0 Å². The monoisotopic (exact) mass is 487 g/mol. The van der Waals surface area contributed by atoms with Crippen molar-refractivity contribution >= 4 is 45.2 Å². The number of sulfonamides is 1. The molecule has 2 aliphatic heterocycles. The summed E-state index contributed by atoms with van der Waals surface area (Å²) in [5.74, 6) is -0.875. The summed E-state index contributed by atoms with van der Waals surface area (Å²) in [6, 6.07) is 11.5. The van der Waals surface area contributed by atoms with Gasteiger partial charge in [-0.25, -0.2) is 8.42 Å². The first-order chi connectivity index (χ1) is 15.8. The van der Waals surface area contributed by atoms with Gasteiger partial charge in [0.25, 0.3) is 11.8 Å². The minimum absolute atomic E-state index is 0.168. The molecule has 1 atom stereocenters. The number of hydrogen-bond acceptors (Lipinski definition) is 6. The lowest BCUT2D eigenvalue weighted by atomic mass is 10.1. The van der Waals surface area contributed by atoms with E-state index in [1.165, 1.54) is 40.3 Å². The highest BCUT2D eigenvalue weighted by molar-refractivity contribution is 7.98. The molecule has 8 nitrogen and oxygen atoms in total. The smallest absolute Gasteiger partial charge is 0.262 e. The number of fused-ring (bicyclic) bond motifs is 1. The fourth-order valence-electron chi connectivity index (χ4n) is 4.11. The lowest BCUT2D eigenvalue weighted by molar-refractivity contribution is -0.120. The second-order valence-electron chi connectivity index (χ2n) is 7.95. The Morgan fingerprint density at radius 2 is 1.58 bits per heavy atom. The van der Waals surface area contributed by atoms with E-state index in [1.54, 1.807) is 24.3 Å². The molecule has 0 saturated carbocycles. The van der Waals surface area contributed by atoms with Gasteiger partial charge in [0.05, 0.1) is 16.0 Å². The number of rotatable bonds is 8. The standard InChI is InChI=1S/C23H25N3O5S2/c1-32-15-12-20(26-22(28)18-6-2-3-7-19(18)23(26)29)21(27)24-16-8-10-17(11-9-16)33(30,31)25-13-4-5-14-25/h2-3,6-11,20H,4-5,12-15H2,1H3,(H,24,27). The average Bonchev–Trinajstić information content (AvgIpc) is 3.44. The van der Waals surface area contributed by atoms with Crippen LogP contribution in [0.4, 0.5) is 5.69 Å². The Balaban J connectivity index is 1.52. The molecule has 174 valence electrons. The third kappa shape index (κ3) is 4.55. The van der Waals surface area contributed by atoms with Crippen molar-refractivity contribution in [1.29, 1.82) is 0 Å². The van der Waals surface area contributed by atoms with Crippen LogP contribution in [0.1, 0.15) is 40.0 Å². The zero-order valence-corrected chi connectivity index (χ0v) is 19.8. The van der Waals surface area contributed by atoms with Gasteiger partial charge in [-0.1, -0.05) is 12.1 Å². The molecule has 0 spiro atoms. The van der Waals surface area contributed by atoms with Crippen molar-refractivity contribution < 1.29 is 22.8 Å². The molecule has 0 radical (unpaired) electrons. The van der Waals surface area contributed by atoms with Gasteiger partial charge < -0.3 is 5.32 Å². The zero-order valence-electron chi connectivity index (χ0n) is 18.2. The van der Waals surface area contributed by atoms with Gasteiger partial charge in [-0.05, 0) is 67.7 Å². The van der Waals surface area contributed by atoms with E-state index in [-0.39, 0.29) is 4.90 Å². The highest BCUT2D eigenvalue weighted by atomic mass is 32.2. The fraction of sp³-hybridized carbons (Fsp3) is 0.348. The Hall–Kier alpha value is -2.69. The van der Waals surface area contributed by atoms with Crippen molar-refractivity contribution in [2.75, 3.05) is 30.4 Å². The second kappa shape index (κ2) is 9.66. The van der Waals surface area contributed by atoms with Gasteiger partial charge in [0.15, 0.2) is 0 Å². The molecule has 2 aromatic rings. The average molecular weight is 488 g/mol. The maximum Gasteiger partial charge on any atom is 0.262 e. The predicted molar refractivity (Wildman–Crippen MR) is 127 cm³/mol. The van der Waals surface area contributed by atoms with Crippen LogP contribution in [0, 0.1) is 0 Å². The van der Waals surface area contributed by atoms with Gasteiger partial charge in [0.1, 0.15) is 6.04 Å². The number of carbonyl (C=O) groups is 3. The molecule has 2 heterocycles. The summed E-state index contributed by atoms with van der Waals surface area (Å²) >= 11 is 1.51. The maximum absolute atomic E-state index is 13.1. The van der Waals surface area contributed by atoms with Gasteiger partial charge in [0.2, 0.25) is 15.9 Å². The molecule has 10 heteroatoms. The summed E-state index contributed by atoms with van der Waals surface area (Å²) in [6.45, 7) is 1.02. The SMILES string of the molecule is CSCCC(C(=O)Nc1ccc(S(=O)(=O)N2CCCC2)cc1)N1C(=O)c2ccccc2C1=O. The minimum Gasteiger partial charge on any atom is -0.324 e. The molecule has 1 fully saturated rings. The number of carbonyl (C=O) groups excluding carboxylic acids is 3. The fourth-order valence-corrected chi connectivity index (χ4v) is 6.09. The molecule has 3 amide bonds. The van der Waals surface area contributed by atoms with Crippen molar-refractivity contribution in [1.82, 2.24) is 9.21 Å². The topological polar surface area (TPSA) is 104 Å². The van der Waals surface area contributed by atoms with Crippen LogP contribution in [0.15, 0.2) is 53.4 Å². The van der Waals surface area contributed by atoms with Crippen LogP contribution in [-0.4, -0.2) is 66.5 Å². The van der Waals surface area contributed by atoms with Gasteiger partial charge in [0, 0.05) is 18.8 Å². The van der Waals surface area contributed by atoms with Gasteiger partial charge in [-0.3, -0.25) is 19.3 Å². The molecule has 1 N–H and O–H groups in total. The zero-order chi connectivity index (χ0) is 23.6. The first-order valence-electron chi connectivity index (χ1n) is 10.7. The van der Waals surface area contributed by atoms with Crippen LogP contribution < -0.4 is 5.32 Å². The van der Waals surface area contributed by atoms with Crippen molar-refractivity contribution in [3.05, 3.63) is 59.7 Å². The second-order valence-corrected chi connectivity index (χ2v) is 10.9. The summed E-state index contributed by atoms with van der Waals surface area (Å²) in [4.78, 5) is 40.1. The van der Waals surface area contributed by atoms with Crippen LogP contribution in [0.2, 0.25) is 0 Å². The predicted octanol–water partition coefficient (Wildman–Crippen LogP) is 2.83. The molecular formula is C23H25N3O5S2. The normalized spacial score (nSPS) is 17.3. The molecule has 0 bridgehead atoms. The van der Waals surface area contributed by atoms with E-state index < -0.39 is 33.8 Å². The van der Waals surface area contributed by atoms with Crippen molar-refractivity contribution in [3.8, 4) is 0 Å². The van der Waals surface area contributed by atoms with Crippen LogP contribution in [0.5, 0.6) is 0 Å². The summed E-state index contributed by atoms with van der Waals surface area (Å²) in [6.07, 6.45) is 3.89. The first-order valence-corrected chi connectivity index (χ1v) is 13.5. The number of hydrogen-bond donors (Lipinski definition) is 1. The van der Waals surface area contributed by atoms with Crippen molar-refractivity contribution in [3.63, 3.8) is 0 Å². The van der Waals surface area contributed by atoms with E-state index in [0.717, 1.165) is 17.7 Å². The molecule has 0 aromatic heterocycles. The van der Waals surface area contributed by atoms with E-state index in [0.29, 0.717) is 42.1 Å². The van der Waals surface area contributed by atoms with Crippen LogP contribution >= 0.6 is 11.8 Å². The molecule has 1 saturated heterocycles. The van der Waals surface area contributed by atoms with Gasteiger partial charge in [-0.2, -0.15) is 16.1 Å². The highest BCUT2D eigenvalue weighted by Crippen LogP contribution is 2.27. The lowest BCUT2D eigenvalue weighted by Gasteiger charge is -2.25. The molecule has 2 aromatic carbocycles. The number of amides is 3. The minimum atomic E-state index is -3.55. The van der Waals surface area contributed by atoms with Crippen molar-refractivity contribution in [2.45, 2.75) is 30.2 Å². The van der Waals surface area contributed by atoms with E-state index in [2.05, 4.69) is 5.32 Å². The third-order valence-corrected chi connectivity index (χ3v) is 8.42. The third-order valence-electron chi connectivity index (χ3n) is 5.86. The molecular weight excluding hydrogens is 462 g/mol. The number of imide groups is 1. The molecule has 2 aliphatic rings. The van der Waals surface area contributed by atoms with Gasteiger partial charge >= 0.3 is 0 Å². The number of nitrogens with one attached hydrogen (secondary N) is 1. The van der Waals surface area contributed by atoms with E-state index >= 15 is 0 Å². The van der Waals surface area contributed by atoms with Crippen LogP contribution in [-0.2, 0) is 14.8 Å². The summed E-state index contributed by atoms with van der Waals surface area (Å²) < 4.78 is 26.9. The molecule has 33 heavy (non-hydrogen) atoms. The summed E-state index contributed by atoms with van der Waals surface area (Å²) in [5.41, 5.74) is 0.980. The van der Waals surface area contributed by atoms with Gasteiger partial charge in [-0.15, -0.1) is 0 Å². The largest absolute Gasteiger partial charge is 0.324 e. The quantitative estimate of drug-likeness (QED) is 0.575. The highest BCUT2D eigenvalue weighted by Gasteiger charge is 2.42. The molecule has 1 unspecified atom stereocenters. The van der Waals surface area contributed by atoms with E-state index in [1.807, 2.05) is 6.26 Å².